The molecule has 1 unspecified atom stereocenters. The summed E-state index contributed by atoms with van der Waals surface area (Å²) in [6.07, 6.45) is 0. The largest absolute Gasteiger partial charge is 0.153 e. The second kappa shape index (κ2) is 22.4. The van der Waals surface area contributed by atoms with Crippen LogP contribution in [0.5, 0.6) is 0 Å². The molecule has 1 atom stereocenters. The summed E-state index contributed by atoms with van der Waals surface area (Å²) in [6.45, 7) is 0. The Labute approximate surface area is 55.1 Å². The third-order valence-electron chi connectivity index (χ3n) is 0. The second-order valence-electron chi connectivity index (χ2n) is 0. The van der Waals surface area contributed by atoms with Crippen molar-refractivity contribution in [3.63, 3.8) is 0 Å². The zero-order chi connectivity index (χ0) is 0. The maximum absolute atomic E-state index is 0. The molecule has 0 nitrogen and oxygen atoms in total. The van der Waals surface area contributed by atoms with Crippen LogP contribution < -0.4 is 0 Å². The normalized spacial score (nSPS) is 0. The van der Waals surface area contributed by atoms with Crippen molar-refractivity contribution in [3.8, 4) is 0 Å². The Balaban J connectivity index is 0. The van der Waals surface area contributed by atoms with Crippen molar-refractivity contribution in [2.45, 2.75) is 0 Å². The summed E-state index contributed by atoms with van der Waals surface area (Å²) in [5.74, 6) is 0. The molecule has 0 aliphatic heterocycles. The van der Waals surface area contributed by atoms with Crippen molar-refractivity contribution in [2.24, 2.45) is 0 Å². The van der Waals surface area contributed by atoms with Crippen molar-refractivity contribution < 1.29 is 34.1 Å². The minimum absolute atomic E-state index is 0. The quantitative estimate of drug-likeness (QED) is 0.347. The predicted octanol–water partition coefficient (Wildman–Crippen LogP) is -0.328. The first kappa shape index (κ1) is 43.9. The van der Waals surface area contributed by atoms with E-state index in [9.17, 15) is 0 Å². The number of hydrogen-bond donors (Lipinski definition) is 0. The number of rotatable bonds is 0. The van der Waals surface area contributed by atoms with E-state index < -0.39 is 0 Å². The van der Waals surface area contributed by atoms with Gasteiger partial charge < -0.3 is 0 Å². The molecule has 0 aromatic rings. The molecule has 0 aromatic heterocycles. The SMILES string of the molecule is P.[Fe].[Mn].[Si]. The van der Waals surface area contributed by atoms with E-state index in [-0.39, 0.29) is 55.0 Å². The monoisotopic (exact) mass is 173 g/mol. The van der Waals surface area contributed by atoms with Crippen molar-refractivity contribution in [2.75, 3.05) is 0 Å². The molecule has 0 spiro atoms. The molecule has 0 bridgehead atoms. The van der Waals surface area contributed by atoms with Gasteiger partial charge in [-0.05, 0) is 0 Å². The minimum Gasteiger partial charge on any atom is -0.153 e. The molecule has 0 aromatic carbocycles. The molecule has 0 heterocycles. The van der Waals surface area contributed by atoms with Crippen LogP contribution in [0, 0.1) is 0 Å². The molecule has 0 aliphatic carbocycles. The third kappa shape index (κ3) is 9.36. The van der Waals surface area contributed by atoms with Crippen LogP contribution in [0.1, 0.15) is 0 Å². The van der Waals surface area contributed by atoms with Gasteiger partial charge in [-0.1, -0.05) is 0 Å². The van der Waals surface area contributed by atoms with Crippen molar-refractivity contribution in [3.05, 3.63) is 0 Å². The van der Waals surface area contributed by atoms with Gasteiger partial charge in [0.2, 0.25) is 0 Å². The Morgan fingerprint density at radius 1 is 1.00 bits per heavy atom. The second-order valence-corrected chi connectivity index (χ2v) is 0. The first-order valence-electron chi connectivity index (χ1n) is 0. The molecule has 4 heavy (non-hydrogen) atoms. The Hall–Kier alpha value is 1.69. The van der Waals surface area contributed by atoms with Gasteiger partial charge in [0.15, 0.2) is 0 Å². The van der Waals surface area contributed by atoms with Gasteiger partial charge in [-0.25, -0.2) is 0 Å². The van der Waals surface area contributed by atoms with Crippen LogP contribution in [0.2, 0.25) is 0 Å². The summed E-state index contributed by atoms with van der Waals surface area (Å²) in [5.41, 5.74) is 0. The Bertz CT molecular complexity index is 8.00. The van der Waals surface area contributed by atoms with Crippen LogP contribution in [0.15, 0.2) is 0 Å². The van der Waals surface area contributed by atoms with Gasteiger partial charge in [-0.15, -0.1) is 0 Å². The van der Waals surface area contributed by atoms with E-state index in [1.54, 1.807) is 0 Å². The first-order valence-corrected chi connectivity index (χ1v) is 0. The van der Waals surface area contributed by atoms with Gasteiger partial charge in [0, 0.05) is 45.1 Å². The van der Waals surface area contributed by atoms with E-state index in [1.807, 2.05) is 0 Å². The van der Waals surface area contributed by atoms with Gasteiger partial charge in [0.25, 0.3) is 0 Å². The van der Waals surface area contributed by atoms with E-state index in [0.717, 1.165) is 0 Å². The van der Waals surface area contributed by atoms with Gasteiger partial charge in [-0.2, -0.15) is 9.90 Å². The molecule has 27 valence electrons. The van der Waals surface area contributed by atoms with Crippen LogP contribution in [-0.2, 0) is 34.1 Å². The molecule has 0 saturated heterocycles. The summed E-state index contributed by atoms with van der Waals surface area (Å²) >= 11 is 0. The van der Waals surface area contributed by atoms with Crippen molar-refractivity contribution >= 4 is 20.9 Å². The van der Waals surface area contributed by atoms with Crippen LogP contribution in [0.25, 0.3) is 0 Å². The first-order chi connectivity index (χ1) is 0. The summed E-state index contributed by atoms with van der Waals surface area (Å²) < 4.78 is 0. The fraction of sp³-hybridized carbons (Fsp3) is 0. The van der Waals surface area contributed by atoms with Crippen molar-refractivity contribution in [1.29, 1.82) is 0 Å². The predicted molar refractivity (Wildman–Crippen MR) is 16.9 cm³/mol. The number of hydrogen-bond acceptors (Lipinski definition) is 0. The molecule has 0 saturated carbocycles. The Morgan fingerprint density at radius 3 is 1.00 bits per heavy atom. The topological polar surface area (TPSA) is 0 Å². The van der Waals surface area contributed by atoms with Crippen LogP contribution >= 0.6 is 9.90 Å². The van der Waals surface area contributed by atoms with Gasteiger partial charge in [-0.3, -0.25) is 0 Å². The van der Waals surface area contributed by atoms with E-state index >= 15 is 0 Å². The molecule has 0 rings (SSSR count). The Morgan fingerprint density at radius 2 is 1.00 bits per heavy atom. The minimum atomic E-state index is 0. The van der Waals surface area contributed by atoms with Gasteiger partial charge >= 0.3 is 0 Å². The fourth-order valence-electron chi connectivity index (χ4n) is 0. The average molecular weight is 173 g/mol. The summed E-state index contributed by atoms with van der Waals surface area (Å²) in [4.78, 5) is 0. The molecule has 0 amide bonds. The van der Waals surface area contributed by atoms with E-state index in [0.29, 0.717) is 0 Å². The molecule has 0 N–H and O–H groups in total. The Kier molecular flexibility index (Phi) is 246. The van der Waals surface area contributed by atoms with E-state index in [4.69, 9.17) is 0 Å². The van der Waals surface area contributed by atoms with E-state index in [2.05, 4.69) is 0 Å². The average Bonchev–Trinajstić information content (AvgIpc) is 0. The maximum atomic E-state index is 0. The fourth-order valence-corrected chi connectivity index (χ4v) is 0. The summed E-state index contributed by atoms with van der Waals surface area (Å²) in [5, 5.41) is 0. The molecule has 0 aliphatic rings. The third-order valence-corrected chi connectivity index (χ3v) is 0. The zero-order valence-electron chi connectivity index (χ0n) is 1.94. The van der Waals surface area contributed by atoms with Crippen LogP contribution in [0.3, 0.4) is 0 Å². The standard InChI is InChI=1S/Fe.Mn.H3P.Si/h;;1H3;. The zero-order valence-corrected chi connectivity index (χ0v) is 6.64. The van der Waals surface area contributed by atoms with Crippen LogP contribution in [-0.4, -0.2) is 11.0 Å². The van der Waals surface area contributed by atoms with Gasteiger partial charge in [0.1, 0.15) is 0 Å². The molecule has 5 radical (unpaired) electrons. The molecular formula is H3FeMnPSi. The summed E-state index contributed by atoms with van der Waals surface area (Å²) in [6, 6.07) is 0. The van der Waals surface area contributed by atoms with Crippen LogP contribution in [0.4, 0.5) is 0 Å². The molecule has 4 heteroatoms. The molecular weight excluding hydrogens is 170 g/mol. The van der Waals surface area contributed by atoms with Crippen molar-refractivity contribution in [1.82, 2.24) is 0 Å². The van der Waals surface area contributed by atoms with Gasteiger partial charge in [0.05, 0.1) is 0 Å². The maximum Gasteiger partial charge on any atom is 0 e. The van der Waals surface area contributed by atoms with E-state index in [1.165, 1.54) is 0 Å². The molecule has 0 fully saturated rings. The smallest absolute Gasteiger partial charge is 0 e. The summed E-state index contributed by atoms with van der Waals surface area (Å²) in [7, 11) is 0.